The third-order valence-corrected chi connectivity index (χ3v) is 4.82. The molecule has 134 valence electrons. The molecular formula is C19H24ClN3O2. The molecular weight excluding hydrogens is 338 g/mol. The number of ether oxygens (including phenoxy) is 2. The monoisotopic (exact) mass is 361 g/mol. The highest BCUT2D eigenvalue weighted by molar-refractivity contribution is 6.30. The number of nitrogens with zero attached hydrogens (tertiary/aromatic N) is 3. The van der Waals surface area contributed by atoms with E-state index in [9.17, 15) is 0 Å². The highest BCUT2D eigenvalue weighted by atomic mass is 35.5. The molecule has 0 unspecified atom stereocenters. The van der Waals surface area contributed by atoms with E-state index in [4.69, 9.17) is 21.1 Å². The summed E-state index contributed by atoms with van der Waals surface area (Å²) < 4.78 is 10.6. The maximum absolute atomic E-state index is 6.07. The van der Waals surface area contributed by atoms with E-state index in [-0.39, 0.29) is 0 Å². The van der Waals surface area contributed by atoms with Crippen molar-refractivity contribution in [2.45, 2.75) is 13.5 Å². The Labute approximate surface area is 154 Å². The van der Waals surface area contributed by atoms with E-state index < -0.39 is 0 Å². The Morgan fingerprint density at radius 2 is 1.80 bits per heavy atom. The van der Waals surface area contributed by atoms with Crippen molar-refractivity contribution in [3.63, 3.8) is 0 Å². The van der Waals surface area contributed by atoms with Crippen molar-refractivity contribution < 1.29 is 9.47 Å². The number of pyridine rings is 1. The molecule has 5 nitrogen and oxygen atoms in total. The molecule has 0 radical (unpaired) electrons. The van der Waals surface area contributed by atoms with Crippen molar-refractivity contribution in [3.05, 3.63) is 46.5 Å². The average molecular weight is 362 g/mol. The number of aryl methyl sites for hydroxylation is 1. The van der Waals surface area contributed by atoms with Crippen LogP contribution in [0.5, 0.6) is 11.8 Å². The summed E-state index contributed by atoms with van der Waals surface area (Å²) in [4.78, 5) is 9.21. The summed E-state index contributed by atoms with van der Waals surface area (Å²) in [5, 5.41) is 0.791. The molecule has 1 fully saturated rings. The topological polar surface area (TPSA) is 37.8 Å². The maximum Gasteiger partial charge on any atom is 0.220 e. The predicted octanol–water partition coefficient (Wildman–Crippen LogP) is 3.38. The van der Waals surface area contributed by atoms with Crippen molar-refractivity contribution in [1.29, 1.82) is 0 Å². The van der Waals surface area contributed by atoms with Crippen LogP contribution in [-0.2, 0) is 6.54 Å². The minimum Gasteiger partial charge on any atom is -0.481 e. The second-order valence-corrected chi connectivity index (χ2v) is 6.65. The maximum atomic E-state index is 6.07. The molecule has 0 spiro atoms. The number of hydrogen-bond acceptors (Lipinski definition) is 5. The molecule has 25 heavy (non-hydrogen) atoms. The van der Waals surface area contributed by atoms with Gasteiger partial charge in [0.25, 0.3) is 0 Å². The van der Waals surface area contributed by atoms with Crippen LogP contribution in [0.1, 0.15) is 11.1 Å². The van der Waals surface area contributed by atoms with Gasteiger partial charge in [-0.2, -0.15) is 4.98 Å². The van der Waals surface area contributed by atoms with E-state index in [0.29, 0.717) is 11.8 Å². The third kappa shape index (κ3) is 4.17. The predicted molar refractivity (Wildman–Crippen MR) is 101 cm³/mol. The summed E-state index contributed by atoms with van der Waals surface area (Å²) in [5.41, 5.74) is 3.58. The second kappa shape index (κ2) is 7.93. The molecule has 0 saturated carbocycles. The molecule has 0 atom stereocenters. The van der Waals surface area contributed by atoms with E-state index in [1.165, 1.54) is 11.3 Å². The van der Waals surface area contributed by atoms with Crippen LogP contribution in [0, 0.1) is 6.92 Å². The third-order valence-electron chi connectivity index (χ3n) is 4.58. The van der Waals surface area contributed by atoms with Gasteiger partial charge in [-0.25, -0.2) is 0 Å². The van der Waals surface area contributed by atoms with E-state index in [2.05, 4.69) is 27.8 Å². The quantitative estimate of drug-likeness (QED) is 0.816. The van der Waals surface area contributed by atoms with Crippen molar-refractivity contribution in [3.8, 4) is 11.8 Å². The zero-order chi connectivity index (χ0) is 17.8. The first-order chi connectivity index (χ1) is 12.1. The van der Waals surface area contributed by atoms with Gasteiger partial charge in [-0.05, 0) is 36.8 Å². The number of aromatic nitrogens is 1. The Kier molecular flexibility index (Phi) is 5.66. The summed E-state index contributed by atoms with van der Waals surface area (Å²) in [6.07, 6.45) is 0. The van der Waals surface area contributed by atoms with E-state index in [1.807, 2.05) is 24.3 Å². The fourth-order valence-corrected chi connectivity index (χ4v) is 3.45. The molecule has 1 saturated heterocycles. The number of hydrogen-bond donors (Lipinski definition) is 0. The molecule has 1 aromatic heterocycles. The summed E-state index contributed by atoms with van der Waals surface area (Å²) in [6, 6.07) is 10.0. The molecule has 2 heterocycles. The van der Waals surface area contributed by atoms with E-state index >= 15 is 0 Å². The van der Waals surface area contributed by atoms with Crippen LogP contribution in [0.2, 0.25) is 5.02 Å². The second-order valence-electron chi connectivity index (χ2n) is 6.22. The van der Waals surface area contributed by atoms with Crippen LogP contribution in [0.4, 0.5) is 5.69 Å². The van der Waals surface area contributed by atoms with Gasteiger partial charge in [0.15, 0.2) is 0 Å². The van der Waals surface area contributed by atoms with Crippen LogP contribution in [0.25, 0.3) is 0 Å². The lowest BCUT2D eigenvalue weighted by Gasteiger charge is -2.37. The first-order valence-corrected chi connectivity index (χ1v) is 8.80. The molecule has 3 rings (SSSR count). The number of piperazine rings is 1. The zero-order valence-corrected chi connectivity index (χ0v) is 15.7. The lowest BCUT2D eigenvalue weighted by atomic mass is 10.1. The van der Waals surface area contributed by atoms with Crippen LogP contribution in [-0.4, -0.2) is 50.3 Å². The van der Waals surface area contributed by atoms with Crippen LogP contribution in [0.3, 0.4) is 0 Å². The van der Waals surface area contributed by atoms with Crippen LogP contribution in [0.15, 0.2) is 30.3 Å². The Balaban J connectivity index is 1.63. The van der Waals surface area contributed by atoms with E-state index in [0.717, 1.165) is 43.3 Å². The summed E-state index contributed by atoms with van der Waals surface area (Å²) >= 11 is 6.07. The summed E-state index contributed by atoms with van der Waals surface area (Å²) in [7, 11) is 3.26. The molecule has 1 aliphatic rings. The van der Waals surface area contributed by atoms with Gasteiger partial charge in [-0.1, -0.05) is 11.6 Å². The molecule has 0 N–H and O–H groups in total. The minimum atomic E-state index is 0.573. The summed E-state index contributed by atoms with van der Waals surface area (Å²) in [6.45, 7) is 6.92. The molecule has 1 aromatic carbocycles. The molecule has 0 amide bonds. The first kappa shape index (κ1) is 17.8. The lowest BCUT2D eigenvalue weighted by Crippen LogP contribution is -2.46. The standard InChI is InChI=1S/C19H24ClN3O2/c1-14-12-16(20)5-6-17(14)23-10-8-22(9-11-23)13-15-4-7-18(24-2)21-19(15)25-3/h4-7,12H,8-11,13H2,1-3H3. The molecule has 2 aromatic rings. The minimum absolute atomic E-state index is 0.573. The number of halogens is 1. The van der Waals surface area contributed by atoms with Crippen molar-refractivity contribution in [2.24, 2.45) is 0 Å². The van der Waals surface area contributed by atoms with Gasteiger partial charge in [0.2, 0.25) is 11.8 Å². The van der Waals surface area contributed by atoms with Gasteiger partial charge in [0.05, 0.1) is 14.2 Å². The van der Waals surface area contributed by atoms with Crippen molar-refractivity contribution in [2.75, 3.05) is 45.3 Å². The van der Waals surface area contributed by atoms with Crippen molar-refractivity contribution in [1.82, 2.24) is 9.88 Å². The summed E-state index contributed by atoms with van der Waals surface area (Å²) in [5.74, 6) is 1.21. The Morgan fingerprint density at radius 3 is 2.44 bits per heavy atom. The SMILES string of the molecule is COc1ccc(CN2CCN(c3ccc(Cl)cc3C)CC2)c(OC)n1. The van der Waals surface area contributed by atoms with Crippen LogP contribution >= 0.6 is 11.6 Å². The molecule has 6 heteroatoms. The Morgan fingerprint density at radius 1 is 1.04 bits per heavy atom. The fraction of sp³-hybridized carbons (Fsp3) is 0.421. The normalized spacial score (nSPS) is 15.3. The van der Waals surface area contributed by atoms with E-state index in [1.54, 1.807) is 14.2 Å². The van der Waals surface area contributed by atoms with Gasteiger partial charge >= 0.3 is 0 Å². The van der Waals surface area contributed by atoms with Gasteiger partial charge in [0.1, 0.15) is 0 Å². The van der Waals surface area contributed by atoms with Gasteiger partial charge < -0.3 is 14.4 Å². The Hall–Kier alpha value is -1.98. The highest BCUT2D eigenvalue weighted by Crippen LogP contribution is 2.26. The number of benzene rings is 1. The molecule has 0 bridgehead atoms. The molecule has 0 aliphatic carbocycles. The number of methoxy groups -OCH3 is 2. The van der Waals surface area contributed by atoms with Gasteiger partial charge in [-0.15, -0.1) is 0 Å². The van der Waals surface area contributed by atoms with Crippen LogP contribution < -0.4 is 14.4 Å². The number of anilines is 1. The fourth-order valence-electron chi connectivity index (χ4n) is 3.22. The Bertz CT molecular complexity index is 731. The number of rotatable bonds is 5. The van der Waals surface area contributed by atoms with Crippen molar-refractivity contribution >= 4 is 17.3 Å². The van der Waals surface area contributed by atoms with Gasteiger partial charge in [0, 0.05) is 55.1 Å². The van der Waals surface area contributed by atoms with Gasteiger partial charge in [-0.3, -0.25) is 4.90 Å². The average Bonchev–Trinajstić information content (AvgIpc) is 2.63. The molecule has 1 aliphatic heterocycles. The zero-order valence-electron chi connectivity index (χ0n) is 15.0. The first-order valence-electron chi connectivity index (χ1n) is 8.42. The largest absolute Gasteiger partial charge is 0.481 e. The highest BCUT2D eigenvalue weighted by Gasteiger charge is 2.20. The smallest absolute Gasteiger partial charge is 0.220 e. The lowest BCUT2D eigenvalue weighted by molar-refractivity contribution is 0.244.